The van der Waals surface area contributed by atoms with Crippen LogP contribution in [0.2, 0.25) is 0 Å². The zero-order valence-electron chi connectivity index (χ0n) is 8.44. The van der Waals surface area contributed by atoms with E-state index in [1.807, 2.05) is 6.20 Å². The number of aromatic amines is 1. The molecule has 0 amide bonds. The first kappa shape index (κ1) is 8.29. The highest BCUT2D eigenvalue weighted by Crippen LogP contribution is 2.26. The molecule has 0 saturated heterocycles. The van der Waals surface area contributed by atoms with E-state index in [4.69, 9.17) is 0 Å². The van der Waals surface area contributed by atoms with Crippen molar-refractivity contribution in [2.75, 3.05) is 0 Å². The van der Waals surface area contributed by atoms with E-state index in [2.05, 4.69) is 52.0 Å². The third-order valence-corrected chi connectivity index (χ3v) is 2.69. The van der Waals surface area contributed by atoms with Gasteiger partial charge in [-0.2, -0.15) is 0 Å². The van der Waals surface area contributed by atoms with Crippen molar-refractivity contribution in [1.29, 1.82) is 0 Å². The number of imidazole rings is 1. The number of H-pyrrole nitrogens is 1. The van der Waals surface area contributed by atoms with Crippen LogP contribution in [0, 0.1) is 0 Å². The smallest absolute Gasteiger partial charge is 0.0924 e. The summed E-state index contributed by atoms with van der Waals surface area (Å²) in [7, 11) is 2.06. The van der Waals surface area contributed by atoms with Gasteiger partial charge in [-0.3, -0.25) is 0 Å². The Hall–Kier alpha value is -2.03. The molecule has 3 rings (SSSR count). The number of aryl methyl sites for hydroxylation is 1. The third-order valence-electron chi connectivity index (χ3n) is 2.69. The summed E-state index contributed by atoms with van der Waals surface area (Å²) in [6, 6.07) is 8.42. The maximum Gasteiger partial charge on any atom is 0.0924 e. The normalized spacial score (nSPS) is 11.0. The second-order valence-electron chi connectivity index (χ2n) is 3.64. The number of benzene rings is 1. The minimum atomic E-state index is 1.06. The number of aromatic nitrogens is 3. The van der Waals surface area contributed by atoms with Crippen LogP contribution in [0.1, 0.15) is 0 Å². The fourth-order valence-corrected chi connectivity index (χ4v) is 1.98. The van der Waals surface area contributed by atoms with E-state index in [1.54, 1.807) is 6.33 Å². The second kappa shape index (κ2) is 2.98. The lowest BCUT2D eigenvalue weighted by Crippen LogP contribution is -1.88. The molecule has 1 aromatic carbocycles. The van der Waals surface area contributed by atoms with Crippen molar-refractivity contribution >= 4 is 10.9 Å². The molecule has 15 heavy (non-hydrogen) atoms. The van der Waals surface area contributed by atoms with Crippen LogP contribution in [0.15, 0.2) is 43.0 Å². The van der Waals surface area contributed by atoms with Crippen LogP contribution < -0.4 is 0 Å². The van der Waals surface area contributed by atoms with E-state index >= 15 is 0 Å². The Kier molecular flexibility index (Phi) is 1.65. The first-order chi connectivity index (χ1) is 7.36. The molecule has 0 aliphatic heterocycles. The average molecular weight is 197 g/mol. The Morgan fingerprint density at radius 3 is 3.00 bits per heavy atom. The third kappa shape index (κ3) is 1.16. The standard InChI is InChI=1S/C12H11N3/c1-15-6-5-9-3-2-4-10(12(9)15)11-7-13-8-14-11/h2-8H,1H3,(H,13,14). The molecule has 0 aliphatic carbocycles. The van der Waals surface area contributed by atoms with Gasteiger partial charge in [-0.25, -0.2) is 4.98 Å². The molecule has 0 saturated carbocycles. The average Bonchev–Trinajstić information content (AvgIpc) is 2.88. The summed E-state index contributed by atoms with van der Waals surface area (Å²) in [6.07, 6.45) is 5.63. The van der Waals surface area contributed by atoms with Crippen molar-refractivity contribution in [3.8, 4) is 11.3 Å². The van der Waals surface area contributed by atoms with Gasteiger partial charge in [-0.05, 0) is 6.07 Å². The molecular formula is C12H11N3. The maximum atomic E-state index is 4.05. The lowest BCUT2D eigenvalue weighted by atomic mass is 10.1. The van der Waals surface area contributed by atoms with Gasteiger partial charge in [0, 0.05) is 24.2 Å². The van der Waals surface area contributed by atoms with Crippen LogP contribution in [-0.4, -0.2) is 14.5 Å². The Bertz CT molecular complexity index is 590. The summed E-state index contributed by atoms with van der Waals surface area (Å²) in [5, 5.41) is 1.25. The molecule has 0 spiro atoms. The van der Waals surface area contributed by atoms with E-state index in [0.717, 1.165) is 5.69 Å². The highest BCUT2D eigenvalue weighted by molar-refractivity contribution is 5.93. The predicted octanol–water partition coefficient (Wildman–Crippen LogP) is 2.57. The highest BCUT2D eigenvalue weighted by atomic mass is 14.9. The number of hydrogen-bond donors (Lipinski definition) is 1. The lowest BCUT2D eigenvalue weighted by Gasteiger charge is -2.03. The quantitative estimate of drug-likeness (QED) is 0.639. The number of para-hydroxylation sites is 1. The fraction of sp³-hybridized carbons (Fsp3) is 0.0833. The Morgan fingerprint density at radius 1 is 1.27 bits per heavy atom. The molecular weight excluding hydrogens is 186 g/mol. The summed E-state index contributed by atoms with van der Waals surface area (Å²) in [5.74, 6) is 0. The number of nitrogens with zero attached hydrogens (tertiary/aromatic N) is 2. The first-order valence-electron chi connectivity index (χ1n) is 4.89. The molecule has 74 valence electrons. The summed E-state index contributed by atoms with van der Waals surface area (Å²) >= 11 is 0. The van der Waals surface area contributed by atoms with Gasteiger partial charge in [0.25, 0.3) is 0 Å². The molecule has 3 aromatic rings. The zero-order valence-corrected chi connectivity index (χ0v) is 8.44. The summed E-state index contributed by atoms with van der Waals surface area (Å²) in [6.45, 7) is 0. The molecule has 2 aromatic heterocycles. The van der Waals surface area contributed by atoms with Crippen LogP contribution in [-0.2, 0) is 7.05 Å². The Labute approximate surface area is 87.4 Å². The van der Waals surface area contributed by atoms with Gasteiger partial charge < -0.3 is 9.55 Å². The van der Waals surface area contributed by atoms with Crippen LogP contribution in [0.25, 0.3) is 22.2 Å². The zero-order chi connectivity index (χ0) is 10.3. The van der Waals surface area contributed by atoms with Gasteiger partial charge in [0.15, 0.2) is 0 Å². The minimum Gasteiger partial charge on any atom is -0.350 e. The van der Waals surface area contributed by atoms with E-state index in [-0.39, 0.29) is 0 Å². The van der Waals surface area contributed by atoms with Crippen molar-refractivity contribution < 1.29 is 0 Å². The van der Waals surface area contributed by atoms with E-state index in [0.29, 0.717) is 0 Å². The largest absolute Gasteiger partial charge is 0.350 e. The van der Waals surface area contributed by atoms with Gasteiger partial charge in [-0.1, -0.05) is 18.2 Å². The molecule has 0 atom stereocenters. The minimum absolute atomic E-state index is 1.06. The van der Waals surface area contributed by atoms with Crippen LogP contribution in [0.4, 0.5) is 0 Å². The SMILES string of the molecule is Cn1ccc2cccc(-c3cnc[nH]3)c21. The molecule has 1 N–H and O–H groups in total. The highest BCUT2D eigenvalue weighted by Gasteiger charge is 2.06. The Balaban J connectivity index is 2.39. The van der Waals surface area contributed by atoms with E-state index < -0.39 is 0 Å². The van der Waals surface area contributed by atoms with Gasteiger partial charge >= 0.3 is 0 Å². The Morgan fingerprint density at radius 2 is 2.20 bits per heavy atom. The second-order valence-corrected chi connectivity index (χ2v) is 3.64. The van der Waals surface area contributed by atoms with Crippen molar-refractivity contribution in [3.63, 3.8) is 0 Å². The van der Waals surface area contributed by atoms with Crippen molar-refractivity contribution in [1.82, 2.24) is 14.5 Å². The summed E-state index contributed by atoms with van der Waals surface area (Å²) in [4.78, 5) is 7.19. The van der Waals surface area contributed by atoms with Gasteiger partial charge in [-0.15, -0.1) is 0 Å². The monoisotopic (exact) mass is 197 g/mol. The van der Waals surface area contributed by atoms with Crippen molar-refractivity contribution in [3.05, 3.63) is 43.0 Å². The van der Waals surface area contributed by atoms with E-state index in [9.17, 15) is 0 Å². The summed E-state index contributed by atoms with van der Waals surface area (Å²) in [5.41, 5.74) is 3.49. The van der Waals surface area contributed by atoms with E-state index in [1.165, 1.54) is 16.5 Å². The van der Waals surface area contributed by atoms with Crippen LogP contribution >= 0.6 is 0 Å². The molecule has 2 heterocycles. The number of rotatable bonds is 1. The molecule has 3 heteroatoms. The predicted molar refractivity (Wildman–Crippen MR) is 60.5 cm³/mol. The van der Waals surface area contributed by atoms with Crippen molar-refractivity contribution in [2.45, 2.75) is 0 Å². The number of nitrogens with one attached hydrogen (secondary N) is 1. The fourth-order valence-electron chi connectivity index (χ4n) is 1.98. The van der Waals surface area contributed by atoms with Crippen LogP contribution in [0.5, 0.6) is 0 Å². The molecule has 0 aliphatic rings. The molecule has 0 bridgehead atoms. The topological polar surface area (TPSA) is 33.6 Å². The maximum absolute atomic E-state index is 4.05. The van der Waals surface area contributed by atoms with Crippen LogP contribution in [0.3, 0.4) is 0 Å². The molecule has 0 radical (unpaired) electrons. The van der Waals surface area contributed by atoms with Crippen molar-refractivity contribution in [2.24, 2.45) is 7.05 Å². The lowest BCUT2D eigenvalue weighted by molar-refractivity contribution is 0.969. The van der Waals surface area contributed by atoms with Gasteiger partial charge in [0.05, 0.1) is 23.7 Å². The molecule has 3 nitrogen and oxygen atoms in total. The molecule has 0 unspecified atom stereocenters. The molecule has 0 fully saturated rings. The van der Waals surface area contributed by atoms with Gasteiger partial charge in [0.1, 0.15) is 0 Å². The summed E-state index contributed by atoms with van der Waals surface area (Å²) < 4.78 is 2.13. The number of hydrogen-bond acceptors (Lipinski definition) is 1. The first-order valence-corrected chi connectivity index (χ1v) is 4.89. The number of fused-ring (bicyclic) bond motifs is 1. The van der Waals surface area contributed by atoms with Gasteiger partial charge in [0.2, 0.25) is 0 Å².